The van der Waals surface area contributed by atoms with Gasteiger partial charge < -0.3 is 0 Å². The van der Waals surface area contributed by atoms with Crippen molar-refractivity contribution in [1.29, 1.82) is 0 Å². The van der Waals surface area contributed by atoms with Crippen LogP contribution in [-0.2, 0) is 6.42 Å². The zero-order valence-corrected chi connectivity index (χ0v) is 18.9. The van der Waals surface area contributed by atoms with Crippen LogP contribution >= 0.6 is 11.3 Å². The molecule has 33 heavy (non-hydrogen) atoms. The van der Waals surface area contributed by atoms with Crippen LogP contribution in [0.3, 0.4) is 0 Å². The largest absolute Gasteiger partial charge is 0.272 e. The Hall–Kier alpha value is -3.57. The van der Waals surface area contributed by atoms with E-state index in [-0.39, 0.29) is 17.4 Å². The molecule has 0 saturated heterocycles. The summed E-state index contributed by atoms with van der Waals surface area (Å²) in [7, 11) is 0. The van der Waals surface area contributed by atoms with Gasteiger partial charge in [-0.05, 0) is 60.2 Å². The third kappa shape index (κ3) is 3.40. The minimum atomic E-state index is -0.287. The van der Waals surface area contributed by atoms with Gasteiger partial charge in [-0.1, -0.05) is 77.6 Å². The number of halogens is 1. The summed E-state index contributed by atoms with van der Waals surface area (Å²) in [5.41, 5.74) is 7.46. The zero-order chi connectivity index (χ0) is 22.5. The van der Waals surface area contributed by atoms with Gasteiger partial charge in [0.25, 0.3) is 5.56 Å². The predicted octanol–water partition coefficient (Wildman–Crippen LogP) is 4.77. The van der Waals surface area contributed by atoms with Crippen molar-refractivity contribution >= 4 is 23.1 Å². The summed E-state index contributed by atoms with van der Waals surface area (Å²) in [6.45, 7) is 2.04. The molecule has 0 amide bonds. The summed E-state index contributed by atoms with van der Waals surface area (Å²) in [4.78, 5) is 19.4. The molecular formula is C28H21FN2OS. The average Bonchev–Trinajstić information content (AvgIpc) is 3.13. The number of hydrogen-bond donors (Lipinski definition) is 0. The molecule has 4 aromatic rings. The lowest BCUT2D eigenvalue weighted by Gasteiger charge is -2.30. The lowest BCUT2D eigenvalue weighted by Crippen LogP contribution is -2.38. The second-order valence-electron chi connectivity index (χ2n) is 8.58. The van der Waals surface area contributed by atoms with Gasteiger partial charge in [-0.2, -0.15) is 0 Å². The van der Waals surface area contributed by atoms with Gasteiger partial charge in [0, 0.05) is 5.56 Å². The number of allylic oxidation sites excluding steroid dienone is 1. The molecule has 0 unspecified atom stereocenters. The summed E-state index contributed by atoms with van der Waals surface area (Å²) >= 11 is 1.41. The van der Waals surface area contributed by atoms with Crippen molar-refractivity contribution in [3.8, 4) is 0 Å². The molecule has 3 aromatic carbocycles. The normalized spacial score (nSPS) is 17.3. The molecular weight excluding hydrogens is 431 g/mol. The quantitative estimate of drug-likeness (QED) is 0.432. The van der Waals surface area contributed by atoms with E-state index in [9.17, 15) is 9.18 Å². The molecule has 0 radical (unpaired) electrons. The fourth-order valence-corrected chi connectivity index (χ4v) is 5.88. The van der Waals surface area contributed by atoms with Crippen LogP contribution < -0.4 is 14.9 Å². The highest BCUT2D eigenvalue weighted by molar-refractivity contribution is 7.07. The van der Waals surface area contributed by atoms with Crippen LogP contribution in [0.4, 0.5) is 4.39 Å². The Morgan fingerprint density at radius 2 is 1.85 bits per heavy atom. The van der Waals surface area contributed by atoms with E-state index in [2.05, 4.69) is 24.3 Å². The van der Waals surface area contributed by atoms with Crippen LogP contribution in [0.15, 0.2) is 88.2 Å². The van der Waals surface area contributed by atoms with Gasteiger partial charge in [0.05, 0.1) is 16.3 Å². The Labute approximate surface area is 194 Å². The second-order valence-corrected chi connectivity index (χ2v) is 9.59. The minimum Gasteiger partial charge on any atom is -0.272 e. The first-order valence-electron chi connectivity index (χ1n) is 11.0. The molecule has 2 aliphatic rings. The first kappa shape index (κ1) is 20.1. The van der Waals surface area contributed by atoms with E-state index in [4.69, 9.17) is 4.99 Å². The maximum atomic E-state index is 13.7. The van der Waals surface area contributed by atoms with Gasteiger partial charge in [-0.25, -0.2) is 9.38 Å². The molecule has 0 bridgehead atoms. The Balaban J connectivity index is 1.63. The van der Waals surface area contributed by atoms with Gasteiger partial charge >= 0.3 is 0 Å². The lowest BCUT2D eigenvalue weighted by molar-refractivity contribution is 0.581. The van der Waals surface area contributed by atoms with Gasteiger partial charge in [0.15, 0.2) is 4.80 Å². The van der Waals surface area contributed by atoms with Crippen molar-refractivity contribution in [3.05, 3.63) is 132 Å². The Morgan fingerprint density at radius 1 is 1.03 bits per heavy atom. The van der Waals surface area contributed by atoms with E-state index in [1.807, 2.05) is 37.3 Å². The number of fused-ring (bicyclic) bond motifs is 3. The van der Waals surface area contributed by atoms with Crippen molar-refractivity contribution < 1.29 is 4.39 Å². The standard InChI is InChI=1S/C28H21FN2OS/c1-17-5-4-6-18(15-17)16-24-27(32)31-26(20-9-12-21(29)13-10-20)23-14-11-19-7-2-3-8-22(19)25(23)30-28(31)33-24/h2-10,12-13,15-16,26H,11,14H2,1H3/b24-16-/t26-/m0/s1. The summed E-state index contributed by atoms with van der Waals surface area (Å²) in [6, 6.07) is 22.7. The SMILES string of the molecule is Cc1cccc(/C=c2\sc3n(c2=O)[C@@H](c2ccc(F)cc2)C2=C(N=3)c3ccccc3CC2)c1. The summed E-state index contributed by atoms with van der Waals surface area (Å²) in [5, 5.41) is 0. The van der Waals surface area contributed by atoms with Crippen LogP contribution in [-0.4, -0.2) is 4.57 Å². The Morgan fingerprint density at radius 3 is 2.67 bits per heavy atom. The number of nitrogens with zero attached hydrogens (tertiary/aromatic N) is 2. The van der Waals surface area contributed by atoms with Crippen LogP contribution in [0.25, 0.3) is 11.8 Å². The molecule has 1 aromatic heterocycles. The first-order valence-corrected chi connectivity index (χ1v) is 11.9. The molecule has 6 rings (SSSR count). The zero-order valence-electron chi connectivity index (χ0n) is 18.1. The predicted molar refractivity (Wildman–Crippen MR) is 130 cm³/mol. The molecule has 162 valence electrons. The molecule has 1 aliphatic carbocycles. The molecule has 1 aliphatic heterocycles. The van der Waals surface area contributed by atoms with Crippen molar-refractivity contribution in [3.63, 3.8) is 0 Å². The van der Waals surface area contributed by atoms with Crippen molar-refractivity contribution in [1.82, 2.24) is 4.57 Å². The molecule has 0 N–H and O–H groups in total. The smallest absolute Gasteiger partial charge is 0.271 e. The Kier molecular flexibility index (Phi) is 4.73. The van der Waals surface area contributed by atoms with E-state index >= 15 is 0 Å². The maximum absolute atomic E-state index is 13.7. The van der Waals surface area contributed by atoms with E-state index in [1.165, 1.54) is 29.0 Å². The summed E-state index contributed by atoms with van der Waals surface area (Å²) < 4.78 is 16.2. The van der Waals surface area contributed by atoms with Crippen LogP contribution in [0.1, 0.15) is 40.3 Å². The highest BCUT2D eigenvalue weighted by Gasteiger charge is 2.32. The monoisotopic (exact) mass is 452 g/mol. The topological polar surface area (TPSA) is 34.4 Å². The van der Waals surface area contributed by atoms with Gasteiger partial charge in [-0.15, -0.1) is 0 Å². The number of hydrogen-bond acceptors (Lipinski definition) is 3. The van der Waals surface area contributed by atoms with Gasteiger partial charge in [0.1, 0.15) is 5.82 Å². The number of thiazole rings is 1. The number of rotatable bonds is 2. The minimum absolute atomic E-state index is 0.0556. The fraction of sp³-hybridized carbons (Fsp3) is 0.143. The molecule has 0 saturated carbocycles. The van der Waals surface area contributed by atoms with Crippen LogP contribution in [0, 0.1) is 12.7 Å². The fourth-order valence-electron chi connectivity index (χ4n) is 4.88. The van der Waals surface area contributed by atoms with Crippen LogP contribution in [0.5, 0.6) is 0 Å². The number of benzene rings is 3. The van der Waals surface area contributed by atoms with Crippen LogP contribution in [0.2, 0.25) is 0 Å². The molecule has 0 fully saturated rings. The maximum Gasteiger partial charge on any atom is 0.271 e. The summed E-state index contributed by atoms with van der Waals surface area (Å²) in [5.74, 6) is -0.284. The molecule has 1 atom stereocenters. The number of aryl methyl sites for hydroxylation is 2. The second kappa shape index (κ2) is 7.78. The van der Waals surface area contributed by atoms with E-state index in [0.717, 1.165) is 46.4 Å². The van der Waals surface area contributed by atoms with Gasteiger partial charge in [-0.3, -0.25) is 9.36 Å². The third-order valence-corrected chi connectivity index (χ3v) is 7.38. The van der Waals surface area contributed by atoms with E-state index < -0.39 is 0 Å². The highest BCUT2D eigenvalue weighted by atomic mass is 32.1. The average molecular weight is 453 g/mol. The van der Waals surface area contributed by atoms with Crippen molar-refractivity contribution in [2.24, 2.45) is 4.99 Å². The van der Waals surface area contributed by atoms with Crippen molar-refractivity contribution in [2.75, 3.05) is 0 Å². The van der Waals surface area contributed by atoms with E-state index in [0.29, 0.717) is 9.33 Å². The van der Waals surface area contributed by atoms with Gasteiger partial charge in [0.2, 0.25) is 0 Å². The highest BCUT2D eigenvalue weighted by Crippen LogP contribution is 2.41. The molecule has 5 heteroatoms. The summed E-state index contributed by atoms with van der Waals surface area (Å²) in [6.07, 6.45) is 3.66. The lowest BCUT2D eigenvalue weighted by atomic mass is 9.83. The molecule has 2 heterocycles. The third-order valence-electron chi connectivity index (χ3n) is 6.40. The molecule has 3 nitrogen and oxygen atoms in total. The number of aromatic nitrogens is 1. The molecule has 0 spiro atoms. The Bertz CT molecular complexity index is 1610. The van der Waals surface area contributed by atoms with E-state index in [1.54, 1.807) is 16.7 Å². The van der Waals surface area contributed by atoms with Crippen molar-refractivity contribution in [2.45, 2.75) is 25.8 Å². The first-order chi connectivity index (χ1) is 16.1.